The summed E-state index contributed by atoms with van der Waals surface area (Å²) in [6, 6.07) is 2.24. The Bertz CT molecular complexity index is 597. The number of hydrogen-bond acceptors (Lipinski definition) is 6. The Morgan fingerprint density at radius 2 is 1.92 bits per heavy atom. The van der Waals surface area contributed by atoms with Crippen molar-refractivity contribution in [3.63, 3.8) is 0 Å². The van der Waals surface area contributed by atoms with E-state index < -0.39 is 0 Å². The number of anilines is 1. The SMILES string of the molecule is CCN[C@H](C)CNC(=O)c1cc2sc(N(CC)CC)nc2s1.Cl.Cl. The fourth-order valence-corrected chi connectivity index (χ4v) is 4.47. The molecule has 2 rings (SSSR count). The smallest absolute Gasteiger partial charge is 0.261 e. The van der Waals surface area contributed by atoms with Crippen molar-refractivity contribution in [2.24, 2.45) is 0 Å². The average molecular weight is 413 g/mol. The molecule has 138 valence electrons. The third kappa shape index (κ3) is 5.74. The minimum atomic E-state index is -0.00987. The normalized spacial score (nSPS) is 11.5. The first-order valence-corrected chi connectivity index (χ1v) is 9.39. The predicted octanol–water partition coefficient (Wildman–Crippen LogP) is 3.78. The van der Waals surface area contributed by atoms with Crippen LogP contribution in [-0.2, 0) is 0 Å². The number of aromatic nitrogens is 1. The lowest BCUT2D eigenvalue weighted by Crippen LogP contribution is -2.38. The molecule has 2 heterocycles. The van der Waals surface area contributed by atoms with Crippen LogP contribution < -0.4 is 15.5 Å². The minimum absolute atomic E-state index is 0. The van der Waals surface area contributed by atoms with Crippen LogP contribution in [0.5, 0.6) is 0 Å². The molecule has 0 bridgehead atoms. The first-order chi connectivity index (χ1) is 10.6. The molecule has 0 aromatic carbocycles. The molecule has 0 spiro atoms. The van der Waals surface area contributed by atoms with Gasteiger partial charge in [0.1, 0.15) is 4.83 Å². The Hall–Kier alpha value is -0.600. The molecule has 2 aromatic rings. The second-order valence-corrected chi connectivity index (χ2v) is 7.16. The van der Waals surface area contributed by atoms with Gasteiger partial charge in [-0.05, 0) is 33.4 Å². The molecule has 2 N–H and O–H groups in total. The molecule has 0 unspecified atom stereocenters. The van der Waals surface area contributed by atoms with Gasteiger partial charge in [0.05, 0.1) is 9.58 Å². The van der Waals surface area contributed by atoms with E-state index in [1.165, 1.54) is 11.3 Å². The van der Waals surface area contributed by atoms with Crippen molar-refractivity contribution < 1.29 is 4.79 Å². The number of thiophene rings is 1. The lowest BCUT2D eigenvalue weighted by Gasteiger charge is -2.16. The molecule has 2 aromatic heterocycles. The lowest BCUT2D eigenvalue weighted by molar-refractivity contribution is 0.0954. The van der Waals surface area contributed by atoms with Gasteiger partial charge in [-0.2, -0.15) is 0 Å². The fraction of sp³-hybridized carbons (Fsp3) is 0.600. The van der Waals surface area contributed by atoms with Crippen LogP contribution in [0.1, 0.15) is 37.4 Å². The van der Waals surface area contributed by atoms with Crippen LogP contribution in [0.2, 0.25) is 0 Å². The van der Waals surface area contributed by atoms with E-state index in [4.69, 9.17) is 0 Å². The first kappa shape index (κ1) is 23.4. The summed E-state index contributed by atoms with van der Waals surface area (Å²) in [5.74, 6) is -0.00987. The van der Waals surface area contributed by atoms with E-state index in [-0.39, 0.29) is 36.8 Å². The fourth-order valence-electron chi connectivity index (χ4n) is 2.22. The number of likely N-dealkylation sites (N-methyl/N-ethyl adjacent to an activating group) is 1. The molecule has 0 radical (unpaired) electrons. The quantitative estimate of drug-likeness (QED) is 0.692. The van der Waals surface area contributed by atoms with Crippen molar-refractivity contribution >= 4 is 68.1 Å². The number of halogens is 2. The van der Waals surface area contributed by atoms with E-state index in [0.717, 1.165) is 39.2 Å². The Balaban J connectivity index is 0.00000264. The molecule has 0 aliphatic heterocycles. The van der Waals surface area contributed by atoms with Crippen LogP contribution in [0.25, 0.3) is 9.53 Å². The zero-order valence-electron chi connectivity index (χ0n) is 14.4. The largest absolute Gasteiger partial charge is 0.350 e. The zero-order valence-corrected chi connectivity index (χ0v) is 17.7. The van der Waals surface area contributed by atoms with Gasteiger partial charge in [0.15, 0.2) is 5.13 Å². The molecule has 0 saturated carbocycles. The number of nitrogens with one attached hydrogen (secondary N) is 2. The number of amides is 1. The van der Waals surface area contributed by atoms with Gasteiger partial charge in [-0.15, -0.1) is 36.2 Å². The van der Waals surface area contributed by atoms with Crippen LogP contribution >= 0.6 is 47.5 Å². The molecule has 1 amide bonds. The molecule has 0 saturated heterocycles. The maximum Gasteiger partial charge on any atom is 0.261 e. The summed E-state index contributed by atoms with van der Waals surface area (Å²) < 4.78 is 1.09. The molecule has 5 nitrogen and oxygen atoms in total. The molecular weight excluding hydrogens is 387 g/mol. The minimum Gasteiger partial charge on any atom is -0.350 e. The van der Waals surface area contributed by atoms with Gasteiger partial charge in [0, 0.05) is 25.7 Å². The molecule has 9 heteroatoms. The van der Waals surface area contributed by atoms with Crippen molar-refractivity contribution in [3.05, 3.63) is 10.9 Å². The summed E-state index contributed by atoms with van der Waals surface area (Å²) in [6.45, 7) is 11.8. The summed E-state index contributed by atoms with van der Waals surface area (Å²) in [5.41, 5.74) is 0. The van der Waals surface area contributed by atoms with Crippen LogP contribution in [-0.4, -0.2) is 43.1 Å². The summed E-state index contributed by atoms with van der Waals surface area (Å²) >= 11 is 3.13. The van der Waals surface area contributed by atoms with Crippen molar-refractivity contribution in [1.82, 2.24) is 15.6 Å². The highest BCUT2D eigenvalue weighted by molar-refractivity contribution is 7.29. The molecule has 1 atom stereocenters. The van der Waals surface area contributed by atoms with Gasteiger partial charge in [-0.1, -0.05) is 18.3 Å². The maximum absolute atomic E-state index is 12.2. The van der Waals surface area contributed by atoms with Gasteiger partial charge >= 0.3 is 0 Å². The van der Waals surface area contributed by atoms with E-state index in [1.54, 1.807) is 11.3 Å². The topological polar surface area (TPSA) is 57.3 Å². The maximum atomic E-state index is 12.2. The first-order valence-electron chi connectivity index (χ1n) is 7.75. The van der Waals surface area contributed by atoms with E-state index in [2.05, 4.69) is 48.2 Å². The highest BCUT2D eigenvalue weighted by Crippen LogP contribution is 2.34. The summed E-state index contributed by atoms with van der Waals surface area (Å²) in [7, 11) is 0. The average Bonchev–Trinajstić information content (AvgIpc) is 3.05. The highest BCUT2D eigenvalue weighted by Gasteiger charge is 2.16. The van der Waals surface area contributed by atoms with Crippen LogP contribution in [0.4, 0.5) is 5.13 Å². The van der Waals surface area contributed by atoms with E-state index in [0.29, 0.717) is 6.54 Å². The Morgan fingerprint density at radius 3 is 2.46 bits per heavy atom. The lowest BCUT2D eigenvalue weighted by atomic mass is 10.3. The predicted molar refractivity (Wildman–Crippen MR) is 111 cm³/mol. The van der Waals surface area contributed by atoms with Gasteiger partial charge in [-0.25, -0.2) is 4.98 Å². The van der Waals surface area contributed by atoms with Crippen molar-refractivity contribution in [2.75, 3.05) is 31.1 Å². The third-order valence-corrected chi connectivity index (χ3v) is 5.68. The van der Waals surface area contributed by atoms with Crippen molar-refractivity contribution in [3.8, 4) is 0 Å². The Kier molecular flexibility index (Phi) is 10.8. The number of thiazole rings is 1. The Labute approximate surface area is 164 Å². The van der Waals surface area contributed by atoms with Crippen LogP contribution in [0, 0.1) is 0 Å². The number of carbonyl (C=O) groups is 1. The van der Waals surface area contributed by atoms with E-state index >= 15 is 0 Å². The van der Waals surface area contributed by atoms with Gasteiger partial charge < -0.3 is 15.5 Å². The Morgan fingerprint density at radius 1 is 1.25 bits per heavy atom. The van der Waals surface area contributed by atoms with Crippen molar-refractivity contribution in [1.29, 1.82) is 0 Å². The number of carbonyl (C=O) groups excluding carboxylic acids is 1. The number of hydrogen-bond donors (Lipinski definition) is 2. The van der Waals surface area contributed by atoms with Crippen LogP contribution in [0.3, 0.4) is 0 Å². The standard InChI is InChI=1S/C15H24N4OS2.2ClH/c1-5-16-10(4)9-17-13(20)11-8-12-14(21-11)18-15(22-12)19(6-2)7-3;;/h8,10,16H,5-7,9H2,1-4H3,(H,17,20);2*1H/t10-;;/m1../s1. The van der Waals surface area contributed by atoms with Gasteiger partial charge in [0.25, 0.3) is 5.91 Å². The highest BCUT2D eigenvalue weighted by atomic mass is 35.5. The number of fused-ring (bicyclic) bond motifs is 1. The monoisotopic (exact) mass is 412 g/mol. The number of nitrogens with zero attached hydrogens (tertiary/aromatic N) is 2. The zero-order chi connectivity index (χ0) is 16.1. The van der Waals surface area contributed by atoms with Crippen molar-refractivity contribution in [2.45, 2.75) is 33.7 Å². The summed E-state index contributed by atoms with van der Waals surface area (Å²) in [5, 5.41) is 7.29. The summed E-state index contributed by atoms with van der Waals surface area (Å²) in [6.07, 6.45) is 0. The number of rotatable bonds is 8. The summed E-state index contributed by atoms with van der Waals surface area (Å²) in [4.78, 5) is 20.8. The molecule has 0 fully saturated rings. The molecule has 24 heavy (non-hydrogen) atoms. The van der Waals surface area contributed by atoms with Crippen LogP contribution in [0.15, 0.2) is 6.07 Å². The molecule has 0 aliphatic carbocycles. The second-order valence-electron chi connectivity index (χ2n) is 5.12. The van der Waals surface area contributed by atoms with E-state index in [9.17, 15) is 4.79 Å². The second kappa shape index (κ2) is 11.1. The molecule has 0 aliphatic rings. The third-order valence-electron chi connectivity index (χ3n) is 3.46. The van der Waals surface area contributed by atoms with Gasteiger partial charge in [-0.3, -0.25) is 4.79 Å². The van der Waals surface area contributed by atoms with E-state index in [1.807, 2.05) is 6.07 Å². The van der Waals surface area contributed by atoms with Gasteiger partial charge in [0.2, 0.25) is 0 Å². The molecular formula is C15H26Cl2N4OS2.